The highest BCUT2D eigenvalue weighted by Crippen LogP contribution is 2.12. The van der Waals surface area contributed by atoms with Gasteiger partial charge >= 0.3 is 0 Å². The van der Waals surface area contributed by atoms with Gasteiger partial charge in [-0.15, -0.1) is 24.0 Å². The van der Waals surface area contributed by atoms with Crippen molar-refractivity contribution in [3.63, 3.8) is 0 Å². The maximum absolute atomic E-state index is 13.7. The summed E-state index contributed by atoms with van der Waals surface area (Å²) in [5, 5.41) is 6.76. The van der Waals surface area contributed by atoms with E-state index in [9.17, 15) is 4.39 Å². The Morgan fingerprint density at radius 3 is 2.57 bits per heavy atom. The van der Waals surface area contributed by atoms with E-state index in [1.807, 2.05) is 6.07 Å². The molecule has 162 valence electrons. The molecule has 1 atom stereocenters. The molecule has 0 heterocycles. The summed E-state index contributed by atoms with van der Waals surface area (Å²) >= 11 is 0. The fourth-order valence-electron chi connectivity index (χ4n) is 2.95. The van der Waals surface area contributed by atoms with Crippen molar-refractivity contribution in [1.82, 2.24) is 15.5 Å². The van der Waals surface area contributed by atoms with Crippen LogP contribution in [0.1, 0.15) is 51.7 Å². The van der Waals surface area contributed by atoms with Crippen molar-refractivity contribution in [3.8, 4) is 0 Å². The van der Waals surface area contributed by atoms with E-state index in [-0.39, 0.29) is 36.4 Å². The highest BCUT2D eigenvalue weighted by molar-refractivity contribution is 14.0. The topological polar surface area (TPSA) is 48.9 Å². The Bertz CT molecular complexity index is 567. The second-order valence-corrected chi connectivity index (χ2v) is 6.77. The summed E-state index contributed by atoms with van der Waals surface area (Å²) in [6, 6.07) is 5.42. The third-order valence-corrected chi connectivity index (χ3v) is 4.56. The van der Waals surface area contributed by atoms with Crippen LogP contribution >= 0.6 is 24.0 Å². The quantitative estimate of drug-likeness (QED) is 0.253. The normalized spacial score (nSPS) is 12.6. The minimum atomic E-state index is -0.239. The number of guanidine groups is 1. The zero-order valence-corrected chi connectivity index (χ0v) is 20.4. The molecule has 0 aliphatic rings. The van der Waals surface area contributed by atoms with Crippen LogP contribution in [0, 0.1) is 5.82 Å². The molecule has 7 heteroatoms. The molecule has 1 aromatic rings. The number of methoxy groups -OCH3 is 1. The van der Waals surface area contributed by atoms with E-state index in [1.165, 1.54) is 6.07 Å². The number of nitrogens with one attached hydrogen (secondary N) is 2. The molecule has 5 nitrogen and oxygen atoms in total. The molecule has 0 saturated carbocycles. The molecule has 28 heavy (non-hydrogen) atoms. The van der Waals surface area contributed by atoms with Gasteiger partial charge in [0.1, 0.15) is 5.82 Å². The van der Waals surface area contributed by atoms with Crippen LogP contribution < -0.4 is 10.6 Å². The summed E-state index contributed by atoms with van der Waals surface area (Å²) in [6.07, 6.45) is 2.25. The van der Waals surface area contributed by atoms with E-state index in [4.69, 9.17) is 4.74 Å². The number of hydrogen-bond acceptors (Lipinski definition) is 3. The second-order valence-electron chi connectivity index (χ2n) is 6.77. The van der Waals surface area contributed by atoms with Crippen LogP contribution in [0.5, 0.6) is 0 Å². The third kappa shape index (κ3) is 10.6. The van der Waals surface area contributed by atoms with E-state index in [1.54, 1.807) is 13.2 Å². The number of benzene rings is 1. The first-order valence-corrected chi connectivity index (χ1v) is 10.1. The second kappa shape index (κ2) is 15.9. The number of halogens is 2. The van der Waals surface area contributed by atoms with Gasteiger partial charge in [-0.2, -0.15) is 0 Å². The van der Waals surface area contributed by atoms with Crippen molar-refractivity contribution < 1.29 is 9.13 Å². The maximum atomic E-state index is 13.7. The Labute approximate surface area is 187 Å². The van der Waals surface area contributed by atoms with Crippen molar-refractivity contribution in [2.45, 2.75) is 59.7 Å². The molecule has 0 bridgehead atoms. The summed E-state index contributed by atoms with van der Waals surface area (Å²) in [5.74, 6) is 0.557. The SMILES string of the molecule is CCNC(=NCc1ccc(F)c(COC)c1)NC(C)CCCN(CC)CC.I. The van der Waals surface area contributed by atoms with Crippen LogP contribution in [0.3, 0.4) is 0 Å². The Morgan fingerprint density at radius 2 is 1.96 bits per heavy atom. The Morgan fingerprint density at radius 1 is 1.25 bits per heavy atom. The molecule has 1 rings (SSSR count). The molecule has 1 aromatic carbocycles. The van der Waals surface area contributed by atoms with Crippen molar-refractivity contribution >= 4 is 29.9 Å². The molecule has 2 N–H and O–H groups in total. The highest BCUT2D eigenvalue weighted by atomic mass is 127. The summed E-state index contributed by atoms with van der Waals surface area (Å²) in [4.78, 5) is 7.09. The Balaban J connectivity index is 0.00000729. The summed E-state index contributed by atoms with van der Waals surface area (Å²) in [5.41, 5.74) is 1.53. The van der Waals surface area contributed by atoms with E-state index in [0.29, 0.717) is 18.2 Å². The van der Waals surface area contributed by atoms with Gasteiger partial charge in [0.25, 0.3) is 0 Å². The van der Waals surface area contributed by atoms with Crippen LogP contribution in [0.25, 0.3) is 0 Å². The lowest BCUT2D eigenvalue weighted by atomic mass is 10.1. The number of ether oxygens (including phenoxy) is 1. The lowest BCUT2D eigenvalue weighted by molar-refractivity contribution is 0.181. The molecule has 0 radical (unpaired) electrons. The van der Waals surface area contributed by atoms with Gasteiger partial charge in [0.05, 0.1) is 13.2 Å². The molecule has 1 unspecified atom stereocenters. The largest absolute Gasteiger partial charge is 0.380 e. The molecule has 0 aliphatic carbocycles. The zero-order valence-electron chi connectivity index (χ0n) is 18.1. The van der Waals surface area contributed by atoms with Gasteiger partial charge in [0.15, 0.2) is 5.96 Å². The van der Waals surface area contributed by atoms with Crippen molar-refractivity contribution in [3.05, 3.63) is 35.1 Å². The molecular weight excluding hydrogens is 470 g/mol. The van der Waals surface area contributed by atoms with Crippen molar-refractivity contribution in [1.29, 1.82) is 0 Å². The van der Waals surface area contributed by atoms with E-state index < -0.39 is 0 Å². The number of rotatable bonds is 12. The van der Waals surface area contributed by atoms with Gasteiger partial charge in [0.2, 0.25) is 0 Å². The predicted octanol–water partition coefficient (Wildman–Crippen LogP) is 4.16. The first kappa shape index (κ1) is 27.1. The third-order valence-electron chi connectivity index (χ3n) is 4.56. The van der Waals surface area contributed by atoms with Crippen LogP contribution in [-0.4, -0.2) is 50.2 Å². The van der Waals surface area contributed by atoms with E-state index in [0.717, 1.165) is 50.5 Å². The zero-order chi connectivity index (χ0) is 20.1. The fourth-order valence-corrected chi connectivity index (χ4v) is 2.95. The van der Waals surface area contributed by atoms with Crippen molar-refractivity contribution in [2.75, 3.05) is 33.3 Å². The van der Waals surface area contributed by atoms with Crippen LogP contribution in [0.2, 0.25) is 0 Å². The summed E-state index contributed by atoms with van der Waals surface area (Å²) in [7, 11) is 1.57. The van der Waals surface area contributed by atoms with E-state index in [2.05, 4.69) is 48.2 Å². The minimum absolute atomic E-state index is 0. The predicted molar refractivity (Wildman–Crippen MR) is 127 cm³/mol. The molecular formula is C21H38FIN4O. The first-order chi connectivity index (χ1) is 13.0. The number of hydrogen-bond donors (Lipinski definition) is 2. The minimum Gasteiger partial charge on any atom is -0.380 e. The molecule has 0 spiro atoms. The highest BCUT2D eigenvalue weighted by Gasteiger charge is 2.07. The average molecular weight is 508 g/mol. The Kier molecular flexibility index (Phi) is 15.4. The number of nitrogens with zero attached hydrogens (tertiary/aromatic N) is 2. The van der Waals surface area contributed by atoms with E-state index >= 15 is 0 Å². The number of aliphatic imine (C=N–C) groups is 1. The summed E-state index contributed by atoms with van der Waals surface area (Å²) in [6.45, 7) is 13.5. The maximum Gasteiger partial charge on any atom is 0.191 e. The van der Waals surface area contributed by atoms with Crippen LogP contribution in [-0.2, 0) is 17.9 Å². The Hall–Kier alpha value is -0.930. The standard InChI is InChI=1S/C21H37FN4O.HI/c1-6-23-21(25-17(4)10-9-13-26(7-2)8-3)24-15-18-11-12-20(22)19(14-18)16-27-5;/h11-12,14,17H,6-10,13,15-16H2,1-5H3,(H2,23,24,25);1H. The fraction of sp³-hybridized carbons (Fsp3) is 0.667. The van der Waals surface area contributed by atoms with Gasteiger partial charge in [-0.05, 0) is 64.0 Å². The van der Waals surface area contributed by atoms with Gasteiger partial charge < -0.3 is 20.3 Å². The molecule has 0 saturated heterocycles. The van der Waals surface area contributed by atoms with Crippen LogP contribution in [0.15, 0.2) is 23.2 Å². The average Bonchev–Trinajstić information content (AvgIpc) is 2.66. The molecule has 0 aromatic heterocycles. The van der Waals surface area contributed by atoms with Crippen molar-refractivity contribution in [2.24, 2.45) is 4.99 Å². The van der Waals surface area contributed by atoms with Gasteiger partial charge in [-0.25, -0.2) is 9.38 Å². The molecule has 0 aliphatic heterocycles. The molecule has 0 amide bonds. The lowest BCUT2D eigenvalue weighted by Gasteiger charge is -2.21. The monoisotopic (exact) mass is 508 g/mol. The molecule has 0 fully saturated rings. The van der Waals surface area contributed by atoms with Gasteiger partial charge in [-0.3, -0.25) is 0 Å². The van der Waals surface area contributed by atoms with Gasteiger partial charge in [0, 0.05) is 25.3 Å². The van der Waals surface area contributed by atoms with Gasteiger partial charge in [-0.1, -0.05) is 19.9 Å². The lowest BCUT2D eigenvalue weighted by Crippen LogP contribution is -2.42. The smallest absolute Gasteiger partial charge is 0.191 e. The summed E-state index contributed by atoms with van der Waals surface area (Å²) < 4.78 is 18.8. The van der Waals surface area contributed by atoms with Crippen LogP contribution in [0.4, 0.5) is 4.39 Å². The first-order valence-electron chi connectivity index (χ1n) is 10.1.